The number of hydrogen-bond donors (Lipinski definition) is 0. The molecule has 0 rings (SSSR count). The normalized spacial score (nSPS) is 11.1. The summed E-state index contributed by atoms with van der Waals surface area (Å²) in [6, 6.07) is 0. The van der Waals surface area contributed by atoms with Crippen LogP contribution in [0.4, 0.5) is 0 Å². The summed E-state index contributed by atoms with van der Waals surface area (Å²) >= 11 is 0. The van der Waals surface area contributed by atoms with Crippen LogP contribution in [0.2, 0.25) is 0 Å². The van der Waals surface area contributed by atoms with Crippen molar-refractivity contribution in [2.24, 2.45) is 0 Å². The number of carbonyl (C=O) groups excluding carboxylic acids is 2. The van der Waals surface area contributed by atoms with Crippen molar-refractivity contribution < 1.29 is 36.3 Å². The molecule has 45 heavy (non-hydrogen) atoms. The van der Waals surface area contributed by atoms with Crippen LogP contribution in [0, 0.1) is 0 Å². The molecule has 0 aliphatic carbocycles. The molecule has 0 radical (unpaired) electrons. The second-order valence-electron chi connectivity index (χ2n) is 12.8. The van der Waals surface area contributed by atoms with Crippen LogP contribution in [-0.2, 0) is 26.1 Å². The standard InChI is InChI=1S/2C20H38O2.Ni/c2*1-2-3-4-5-6-7-8-9-10-11-12-13-14-15-16-17-18-19-20(21)22;/h2*11-12H,2-10,13-19H2,1H3,(H,21,22);/q;;+2/p-2/b2*12-11-;. The first-order valence-electron chi connectivity index (χ1n) is 19.2. The maximum absolute atomic E-state index is 10.2. The largest absolute Gasteiger partial charge is 2.00 e. The Labute approximate surface area is 291 Å². The fraction of sp³-hybridized carbons (Fsp3) is 0.850. The Morgan fingerprint density at radius 2 is 0.556 bits per heavy atom. The van der Waals surface area contributed by atoms with Gasteiger partial charge in [0.1, 0.15) is 0 Å². The van der Waals surface area contributed by atoms with E-state index in [0.29, 0.717) is 0 Å². The Balaban J connectivity index is -0.000000767. The van der Waals surface area contributed by atoms with Gasteiger partial charge in [0.15, 0.2) is 0 Å². The molecular formula is C40H74NiO4. The molecular weight excluding hydrogens is 603 g/mol. The number of carboxylic acids is 2. The summed E-state index contributed by atoms with van der Waals surface area (Å²) < 4.78 is 0. The van der Waals surface area contributed by atoms with Gasteiger partial charge >= 0.3 is 16.5 Å². The summed E-state index contributed by atoms with van der Waals surface area (Å²) in [7, 11) is 0. The molecule has 0 aromatic carbocycles. The second kappa shape index (κ2) is 45.0. The number of carboxylic acid groups (broad SMARTS) is 2. The molecule has 0 bridgehead atoms. The van der Waals surface area contributed by atoms with Crippen molar-refractivity contribution in [2.75, 3.05) is 0 Å². The Hall–Kier alpha value is -1.09. The molecule has 5 heteroatoms. The van der Waals surface area contributed by atoms with Crippen LogP contribution < -0.4 is 10.2 Å². The third-order valence-corrected chi connectivity index (χ3v) is 8.29. The van der Waals surface area contributed by atoms with E-state index in [4.69, 9.17) is 0 Å². The number of unbranched alkanes of at least 4 members (excludes halogenated alkanes) is 26. The summed E-state index contributed by atoms with van der Waals surface area (Å²) in [6.07, 6.45) is 47.7. The van der Waals surface area contributed by atoms with Crippen molar-refractivity contribution in [1.29, 1.82) is 0 Å². The Morgan fingerprint density at radius 3 is 0.778 bits per heavy atom. The molecule has 4 nitrogen and oxygen atoms in total. The molecule has 0 N–H and O–H groups in total. The number of rotatable bonds is 34. The minimum atomic E-state index is -0.913. The first-order valence-corrected chi connectivity index (χ1v) is 19.2. The zero-order valence-electron chi connectivity index (χ0n) is 29.9. The minimum absolute atomic E-state index is 0. The maximum atomic E-state index is 10.2. The number of allylic oxidation sites excluding steroid dienone is 4. The zero-order valence-corrected chi connectivity index (χ0v) is 30.9. The van der Waals surface area contributed by atoms with Crippen LogP contribution in [0.5, 0.6) is 0 Å². The van der Waals surface area contributed by atoms with Crippen LogP contribution in [0.1, 0.15) is 219 Å². The monoisotopic (exact) mass is 676 g/mol. The van der Waals surface area contributed by atoms with E-state index in [1.807, 2.05) is 0 Å². The van der Waals surface area contributed by atoms with Crippen molar-refractivity contribution in [2.45, 2.75) is 219 Å². The quantitative estimate of drug-likeness (QED) is 0.0386. The Bertz CT molecular complexity index is 578. The molecule has 0 aliphatic rings. The van der Waals surface area contributed by atoms with Gasteiger partial charge in [-0.05, 0) is 77.0 Å². The molecule has 0 atom stereocenters. The van der Waals surface area contributed by atoms with Crippen molar-refractivity contribution in [1.82, 2.24) is 0 Å². The van der Waals surface area contributed by atoms with Crippen LogP contribution in [0.3, 0.4) is 0 Å². The SMILES string of the molecule is CCCCCCCCCC/C=C\CCCCCCCC(=O)[O-].CCCCCCCCCC/C=C\CCCCCCCC(=O)[O-].[Ni+2]. The van der Waals surface area contributed by atoms with Gasteiger partial charge in [-0.25, -0.2) is 0 Å². The van der Waals surface area contributed by atoms with Gasteiger partial charge in [-0.15, -0.1) is 0 Å². The molecule has 0 aromatic rings. The Kier molecular flexibility index (Phi) is 48.4. The van der Waals surface area contributed by atoms with Gasteiger partial charge in [0.05, 0.1) is 0 Å². The van der Waals surface area contributed by atoms with Gasteiger partial charge in [-0.3, -0.25) is 0 Å². The van der Waals surface area contributed by atoms with Gasteiger partial charge in [0, 0.05) is 11.9 Å². The van der Waals surface area contributed by atoms with Gasteiger partial charge in [0.2, 0.25) is 0 Å². The molecule has 0 heterocycles. The van der Waals surface area contributed by atoms with Crippen LogP contribution in [-0.4, -0.2) is 11.9 Å². The number of hydrogen-bond acceptors (Lipinski definition) is 4. The summed E-state index contributed by atoms with van der Waals surface area (Å²) in [6.45, 7) is 4.53. The summed E-state index contributed by atoms with van der Waals surface area (Å²) in [5.41, 5.74) is 0. The molecule has 0 spiro atoms. The van der Waals surface area contributed by atoms with E-state index in [1.54, 1.807) is 0 Å². The van der Waals surface area contributed by atoms with Crippen LogP contribution in [0.25, 0.3) is 0 Å². The van der Waals surface area contributed by atoms with Crippen molar-refractivity contribution >= 4 is 11.9 Å². The molecule has 0 saturated carbocycles. The van der Waals surface area contributed by atoms with E-state index in [2.05, 4.69) is 38.2 Å². The van der Waals surface area contributed by atoms with Crippen LogP contribution in [0.15, 0.2) is 24.3 Å². The van der Waals surface area contributed by atoms with Gasteiger partial charge in [-0.2, -0.15) is 0 Å². The summed E-state index contributed by atoms with van der Waals surface area (Å²) in [5.74, 6) is -1.83. The molecule has 0 amide bonds. The average Bonchev–Trinajstić information content (AvgIpc) is 3.00. The van der Waals surface area contributed by atoms with E-state index in [9.17, 15) is 19.8 Å². The average molecular weight is 678 g/mol. The van der Waals surface area contributed by atoms with E-state index < -0.39 is 11.9 Å². The third-order valence-electron chi connectivity index (χ3n) is 8.29. The Morgan fingerprint density at radius 1 is 0.356 bits per heavy atom. The molecule has 0 saturated heterocycles. The molecule has 0 fully saturated rings. The van der Waals surface area contributed by atoms with Crippen molar-refractivity contribution in [3.63, 3.8) is 0 Å². The van der Waals surface area contributed by atoms with E-state index >= 15 is 0 Å². The van der Waals surface area contributed by atoms with Crippen molar-refractivity contribution in [3.05, 3.63) is 24.3 Å². The summed E-state index contributed by atoms with van der Waals surface area (Å²) in [4.78, 5) is 20.5. The predicted octanol–water partition coefficient (Wildman–Crippen LogP) is 11.1. The van der Waals surface area contributed by atoms with E-state index in [-0.39, 0.29) is 29.3 Å². The number of carbonyl (C=O) groups is 2. The maximum Gasteiger partial charge on any atom is 2.00 e. The zero-order chi connectivity index (χ0) is 32.6. The topological polar surface area (TPSA) is 80.3 Å². The minimum Gasteiger partial charge on any atom is -0.550 e. The van der Waals surface area contributed by atoms with E-state index in [0.717, 1.165) is 38.5 Å². The second-order valence-corrected chi connectivity index (χ2v) is 12.8. The molecule has 0 aromatic heterocycles. The fourth-order valence-corrected chi connectivity index (χ4v) is 5.39. The van der Waals surface area contributed by atoms with Gasteiger partial charge in [0.25, 0.3) is 0 Å². The number of aliphatic carboxylic acids is 2. The predicted molar refractivity (Wildman–Crippen MR) is 187 cm³/mol. The fourth-order valence-electron chi connectivity index (χ4n) is 5.39. The van der Waals surface area contributed by atoms with E-state index in [1.165, 1.54) is 154 Å². The molecule has 268 valence electrons. The van der Waals surface area contributed by atoms with Gasteiger partial charge in [-0.1, -0.05) is 167 Å². The summed E-state index contributed by atoms with van der Waals surface area (Å²) in [5, 5.41) is 20.5. The molecule has 0 aliphatic heterocycles. The smallest absolute Gasteiger partial charge is 0.550 e. The first-order chi connectivity index (χ1) is 21.5. The van der Waals surface area contributed by atoms with Crippen molar-refractivity contribution in [3.8, 4) is 0 Å². The van der Waals surface area contributed by atoms with Crippen LogP contribution >= 0.6 is 0 Å². The first kappa shape index (κ1) is 48.3. The van der Waals surface area contributed by atoms with Gasteiger partial charge < -0.3 is 19.8 Å². The third kappa shape index (κ3) is 52.7. The molecule has 0 unspecified atom stereocenters.